The van der Waals surface area contributed by atoms with Gasteiger partial charge in [0.15, 0.2) is 0 Å². The third-order valence-electron chi connectivity index (χ3n) is 4.10. The molecule has 1 fully saturated rings. The van der Waals surface area contributed by atoms with E-state index in [1.807, 2.05) is 0 Å². The molecule has 1 saturated heterocycles. The molecule has 20 heavy (non-hydrogen) atoms. The Morgan fingerprint density at radius 1 is 1.20 bits per heavy atom. The van der Waals surface area contributed by atoms with Crippen molar-refractivity contribution in [3.8, 4) is 0 Å². The van der Waals surface area contributed by atoms with Crippen molar-refractivity contribution in [2.75, 3.05) is 36.0 Å². The van der Waals surface area contributed by atoms with Crippen LogP contribution in [0.2, 0.25) is 0 Å². The summed E-state index contributed by atoms with van der Waals surface area (Å²) in [5.74, 6) is 0. The van der Waals surface area contributed by atoms with Gasteiger partial charge in [0.2, 0.25) is 0 Å². The normalized spacial score (nSPS) is 18.9. The summed E-state index contributed by atoms with van der Waals surface area (Å²) in [5, 5.41) is 3.64. The van der Waals surface area contributed by atoms with Gasteiger partial charge in [0.25, 0.3) is 0 Å². The zero-order chi connectivity index (χ0) is 14.5. The first-order valence-corrected chi connectivity index (χ1v) is 8.00. The Balaban J connectivity index is 1.97. The van der Waals surface area contributed by atoms with Crippen molar-refractivity contribution in [3.05, 3.63) is 24.3 Å². The summed E-state index contributed by atoms with van der Waals surface area (Å²) in [5.41, 5.74) is 2.68. The maximum atomic E-state index is 3.64. The number of rotatable bonds is 6. The van der Waals surface area contributed by atoms with Crippen LogP contribution in [0.4, 0.5) is 11.4 Å². The van der Waals surface area contributed by atoms with E-state index in [9.17, 15) is 0 Å². The van der Waals surface area contributed by atoms with E-state index in [1.54, 1.807) is 0 Å². The number of anilines is 2. The van der Waals surface area contributed by atoms with Gasteiger partial charge in [-0.2, -0.15) is 0 Å². The molecule has 1 aliphatic rings. The molecule has 1 heterocycles. The minimum atomic E-state index is 0.574. The number of nitrogens with one attached hydrogen (secondary N) is 1. The van der Waals surface area contributed by atoms with E-state index in [-0.39, 0.29) is 0 Å². The highest BCUT2D eigenvalue weighted by Gasteiger charge is 2.22. The Kier molecular flexibility index (Phi) is 5.30. The van der Waals surface area contributed by atoms with Crippen LogP contribution < -0.4 is 15.1 Å². The minimum Gasteiger partial charge on any atom is -0.372 e. The smallest absolute Gasteiger partial charge is 0.0368 e. The standard InChI is InChI=1S/C17H29N3/c1-5-19(6-2)16-7-9-17(10-8-16)20-12-11-15(13-20)18-14(3)4/h7-10,14-15,18H,5-6,11-13H2,1-4H3. The molecular formula is C17H29N3. The summed E-state index contributed by atoms with van der Waals surface area (Å²) < 4.78 is 0. The Hall–Kier alpha value is -1.22. The number of hydrogen-bond donors (Lipinski definition) is 1. The Labute approximate surface area is 124 Å². The highest BCUT2D eigenvalue weighted by Crippen LogP contribution is 2.24. The molecule has 0 aromatic heterocycles. The summed E-state index contributed by atoms with van der Waals surface area (Å²) in [6.45, 7) is 13.3. The monoisotopic (exact) mass is 275 g/mol. The van der Waals surface area contributed by atoms with Crippen molar-refractivity contribution >= 4 is 11.4 Å². The van der Waals surface area contributed by atoms with E-state index >= 15 is 0 Å². The first-order chi connectivity index (χ1) is 9.63. The van der Waals surface area contributed by atoms with Gasteiger partial charge in [0.05, 0.1) is 0 Å². The highest BCUT2D eigenvalue weighted by atomic mass is 15.2. The Morgan fingerprint density at radius 3 is 2.40 bits per heavy atom. The van der Waals surface area contributed by atoms with Crippen LogP contribution in [0, 0.1) is 0 Å². The van der Waals surface area contributed by atoms with Gasteiger partial charge in [-0.05, 0) is 44.5 Å². The lowest BCUT2D eigenvalue weighted by Gasteiger charge is -2.23. The van der Waals surface area contributed by atoms with E-state index in [1.165, 1.54) is 17.8 Å². The van der Waals surface area contributed by atoms with Crippen LogP contribution in [-0.2, 0) is 0 Å². The molecule has 1 unspecified atom stereocenters. The zero-order valence-corrected chi connectivity index (χ0v) is 13.4. The van der Waals surface area contributed by atoms with Gasteiger partial charge in [-0.3, -0.25) is 0 Å². The molecule has 1 atom stereocenters. The fourth-order valence-corrected chi connectivity index (χ4v) is 3.07. The number of benzene rings is 1. The molecule has 1 aromatic carbocycles. The first kappa shape index (κ1) is 15.2. The van der Waals surface area contributed by atoms with E-state index < -0.39 is 0 Å². The molecule has 1 N–H and O–H groups in total. The van der Waals surface area contributed by atoms with Gasteiger partial charge in [-0.25, -0.2) is 0 Å². The minimum absolute atomic E-state index is 0.574. The van der Waals surface area contributed by atoms with Crippen LogP contribution in [0.3, 0.4) is 0 Å². The van der Waals surface area contributed by atoms with Crippen molar-refractivity contribution in [1.29, 1.82) is 0 Å². The first-order valence-electron chi connectivity index (χ1n) is 8.00. The predicted molar refractivity (Wildman–Crippen MR) is 88.9 cm³/mol. The molecule has 112 valence electrons. The fourth-order valence-electron chi connectivity index (χ4n) is 3.07. The van der Waals surface area contributed by atoms with Gasteiger partial charge in [-0.15, -0.1) is 0 Å². The average Bonchev–Trinajstić information content (AvgIpc) is 2.88. The fraction of sp³-hybridized carbons (Fsp3) is 0.647. The van der Waals surface area contributed by atoms with Gasteiger partial charge in [-0.1, -0.05) is 13.8 Å². The van der Waals surface area contributed by atoms with Crippen molar-refractivity contribution in [1.82, 2.24) is 5.32 Å². The second-order valence-corrected chi connectivity index (χ2v) is 5.94. The third kappa shape index (κ3) is 3.66. The Bertz CT molecular complexity index is 395. The molecule has 0 saturated carbocycles. The molecule has 2 rings (SSSR count). The van der Waals surface area contributed by atoms with Crippen LogP contribution in [0.15, 0.2) is 24.3 Å². The second-order valence-electron chi connectivity index (χ2n) is 5.94. The molecule has 0 bridgehead atoms. The van der Waals surface area contributed by atoms with E-state index in [0.29, 0.717) is 12.1 Å². The van der Waals surface area contributed by atoms with Crippen LogP contribution in [0.1, 0.15) is 34.1 Å². The van der Waals surface area contributed by atoms with Crippen LogP contribution in [0.5, 0.6) is 0 Å². The van der Waals surface area contributed by atoms with Crippen molar-refractivity contribution in [2.45, 2.75) is 46.2 Å². The zero-order valence-electron chi connectivity index (χ0n) is 13.4. The molecule has 0 radical (unpaired) electrons. The lowest BCUT2D eigenvalue weighted by atomic mass is 10.2. The summed E-state index contributed by atoms with van der Waals surface area (Å²) in [6, 6.07) is 10.3. The quantitative estimate of drug-likeness (QED) is 0.860. The molecule has 1 aliphatic heterocycles. The summed E-state index contributed by atoms with van der Waals surface area (Å²) in [4.78, 5) is 4.88. The molecule has 0 aliphatic carbocycles. The van der Waals surface area contributed by atoms with E-state index in [4.69, 9.17) is 0 Å². The van der Waals surface area contributed by atoms with Crippen LogP contribution >= 0.6 is 0 Å². The predicted octanol–water partition coefficient (Wildman–Crippen LogP) is 3.11. The third-order valence-corrected chi connectivity index (χ3v) is 4.10. The molecular weight excluding hydrogens is 246 g/mol. The van der Waals surface area contributed by atoms with Gasteiger partial charge >= 0.3 is 0 Å². The lowest BCUT2D eigenvalue weighted by molar-refractivity contribution is 0.492. The number of hydrogen-bond acceptors (Lipinski definition) is 3. The molecule has 1 aromatic rings. The van der Waals surface area contributed by atoms with E-state index in [2.05, 4.69) is 67.1 Å². The second kappa shape index (κ2) is 6.98. The summed E-state index contributed by atoms with van der Waals surface area (Å²) in [6.07, 6.45) is 1.25. The Morgan fingerprint density at radius 2 is 1.85 bits per heavy atom. The van der Waals surface area contributed by atoms with Gasteiger partial charge in [0, 0.05) is 49.6 Å². The molecule has 0 amide bonds. The molecule has 3 heteroatoms. The summed E-state index contributed by atoms with van der Waals surface area (Å²) >= 11 is 0. The largest absolute Gasteiger partial charge is 0.372 e. The average molecular weight is 275 g/mol. The highest BCUT2D eigenvalue weighted by molar-refractivity contribution is 5.56. The van der Waals surface area contributed by atoms with Gasteiger partial charge in [0.1, 0.15) is 0 Å². The topological polar surface area (TPSA) is 18.5 Å². The van der Waals surface area contributed by atoms with E-state index in [0.717, 1.165) is 26.2 Å². The van der Waals surface area contributed by atoms with Crippen LogP contribution in [-0.4, -0.2) is 38.3 Å². The maximum absolute atomic E-state index is 3.64. The van der Waals surface area contributed by atoms with Crippen LogP contribution in [0.25, 0.3) is 0 Å². The SMILES string of the molecule is CCN(CC)c1ccc(N2CCC(NC(C)C)C2)cc1. The summed E-state index contributed by atoms with van der Waals surface area (Å²) in [7, 11) is 0. The van der Waals surface area contributed by atoms with Crippen molar-refractivity contribution < 1.29 is 0 Å². The molecule has 3 nitrogen and oxygen atoms in total. The van der Waals surface area contributed by atoms with Crippen molar-refractivity contribution in [2.24, 2.45) is 0 Å². The van der Waals surface area contributed by atoms with Gasteiger partial charge < -0.3 is 15.1 Å². The maximum Gasteiger partial charge on any atom is 0.0368 e. The number of nitrogens with zero attached hydrogens (tertiary/aromatic N) is 2. The molecule has 0 spiro atoms. The lowest BCUT2D eigenvalue weighted by Crippen LogP contribution is -2.37. The van der Waals surface area contributed by atoms with Crippen molar-refractivity contribution in [3.63, 3.8) is 0 Å².